The van der Waals surface area contributed by atoms with Gasteiger partial charge in [0.05, 0.1) is 0 Å². The first-order valence-electron chi connectivity index (χ1n) is 6.56. The zero-order chi connectivity index (χ0) is 12.0. The van der Waals surface area contributed by atoms with Crippen molar-refractivity contribution in [2.45, 2.75) is 45.6 Å². The van der Waals surface area contributed by atoms with Crippen molar-refractivity contribution in [3.05, 3.63) is 0 Å². The largest absolute Gasteiger partial charge is 0.351 e. The number of carbonyl (C=O) groups excluding carboxylic acids is 1. The van der Waals surface area contributed by atoms with Crippen molar-refractivity contribution >= 4 is 6.03 Å². The maximum atomic E-state index is 10.9. The highest BCUT2D eigenvalue weighted by Gasteiger charge is 2.27. The molecule has 94 valence electrons. The predicted octanol–water partition coefficient (Wildman–Crippen LogP) is 1.65. The van der Waals surface area contributed by atoms with Gasteiger partial charge in [-0.15, -0.1) is 0 Å². The van der Waals surface area contributed by atoms with E-state index in [1.54, 1.807) is 4.90 Å². The fraction of sp³-hybridized carbons (Fsp3) is 0.917. The monoisotopic (exact) mass is 227 g/mol. The van der Waals surface area contributed by atoms with Crippen LogP contribution in [0, 0.1) is 0 Å². The van der Waals surface area contributed by atoms with Gasteiger partial charge in [0.15, 0.2) is 0 Å². The first kappa shape index (κ1) is 13.3. The number of likely N-dealkylation sites (tertiary alicyclic amines) is 2. The van der Waals surface area contributed by atoms with Crippen LogP contribution >= 0.6 is 0 Å². The predicted molar refractivity (Wildman–Crippen MR) is 66.3 cm³/mol. The highest BCUT2D eigenvalue weighted by atomic mass is 16.2. The van der Waals surface area contributed by atoms with Crippen molar-refractivity contribution in [2.24, 2.45) is 5.73 Å². The second-order valence-electron chi connectivity index (χ2n) is 4.30. The average molecular weight is 227 g/mol. The first-order valence-corrected chi connectivity index (χ1v) is 6.56. The number of urea groups is 1. The molecule has 2 aliphatic rings. The summed E-state index contributed by atoms with van der Waals surface area (Å²) >= 11 is 0. The van der Waals surface area contributed by atoms with Crippen LogP contribution in [0.4, 0.5) is 4.79 Å². The highest BCUT2D eigenvalue weighted by Crippen LogP contribution is 2.20. The van der Waals surface area contributed by atoms with E-state index in [4.69, 9.17) is 5.73 Å². The van der Waals surface area contributed by atoms with Gasteiger partial charge in [0.2, 0.25) is 0 Å². The number of amides is 2. The van der Waals surface area contributed by atoms with Gasteiger partial charge in [-0.1, -0.05) is 13.8 Å². The Balaban J connectivity index is 0.000000606. The molecule has 0 spiro atoms. The van der Waals surface area contributed by atoms with Gasteiger partial charge in [-0.25, -0.2) is 4.79 Å². The van der Waals surface area contributed by atoms with Crippen LogP contribution in [0.2, 0.25) is 0 Å². The molecule has 0 radical (unpaired) electrons. The maximum Gasteiger partial charge on any atom is 0.314 e. The summed E-state index contributed by atoms with van der Waals surface area (Å²) < 4.78 is 0. The molecule has 0 aliphatic carbocycles. The molecule has 4 nitrogen and oxygen atoms in total. The Morgan fingerprint density at radius 2 is 1.56 bits per heavy atom. The third kappa shape index (κ3) is 3.37. The first-order chi connectivity index (χ1) is 7.77. The van der Waals surface area contributed by atoms with E-state index < -0.39 is 0 Å². The molecular formula is C12H25N3O. The Hall–Kier alpha value is -0.770. The van der Waals surface area contributed by atoms with Gasteiger partial charge >= 0.3 is 6.03 Å². The summed E-state index contributed by atoms with van der Waals surface area (Å²) in [6.07, 6.45) is 4.89. The van der Waals surface area contributed by atoms with Crippen LogP contribution in [0.25, 0.3) is 0 Å². The number of nitrogens with zero attached hydrogens (tertiary/aromatic N) is 2. The second-order valence-corrected chi connectivity index (χ2v) is 4.30. The van der Waals surface area contributed by atoms with Gasteiger partial charge in [0.25, 0.3) is 0 Å². The van der Waals surface area contributed by atoms with E-state index in [9.17, 15) is 4.79 Å². The van der Waals surface area contributed by atoms with Crippen molar-refractivity contribution in [1.29, 1.82) is 0 Å². The summed E-state index contributed by atoms with van der Waals surface area (Å²) in [5, 5.41) is 0. The number of nitrogens with two attached hydrogens (primary N) is 1. The van der Waals surface area contributed by atoms with Crippen molar-refractivity contribution in [3.8, 4) is 0 Å². The minimum absolute atomic E-state index is 0.259. The molecule has 2 saturated heterocycles. The van der Waals surface area contributed by atoms with Crippen molar-refractivity contribution in [3.63, 3.8) is 0 Å². The van der Waals surface area contributed by atoms with Crippen molar-refractivity contribution < 1.29 is 4.79 Å². The molecule has 0 aromatic carbocycles. The minimum Gasteiger partial charge on any atom is -0.351 e. The third-order valence-electron chi connectivity index (χ3n) is 3.43. The molecular weight excluding hydrogens is 202 g/mol. The summed E-state index contributed by atoms with van der Waals surface area (Å²) in [6.45, 7) is 8.19. The number of primary amides is 1. The van der Waals surface area contributed by atoms with E-state index in [0.29, 0.717) is 6.04 Å². The van der Waals surface area contributed by atoms with Crippen LogP contribution < -0.4 is 5.73 Å². The third-order valence-corrected chi connectivity index (χ3v) is 3.43. The zero-order valence-corrected chi connectivity index (χ0v) is 10.6. The molecule has 0 aromatic heterocycles. The number of piperidine rings is 1. The average Bonchev–Trinajstić information content (AvgIpc) is 2.85. The van der Waals surface area contributed by atoms with E-state index in [1.165, 1.54) is 25.9 Å². The fourth-order valence-electron chi connectivity index (χ4n) is 2.56. The lowest BCUT2D eigenvalue weighted by atomic mass is 10.0. The molecule has 2 heterocycles. The SMILES string of the molecule is CC.NC(=O)N1CCC(N2CCCC2)CC1. The van der Waals surface area contributed by atoms with Gasteiger partial charge in [0.1, 0.15) is 0 Å². The summed E-state index contributed by atoms with van der Waals surface area (Å²) in [5.74, 6) is 0. The van der Waals surface area contributed by atoms with Crippen LogP contribution in [-0.2, 0) is 0 Å². The number of hydrogen-bond donors (Lipinski definition) is 1. The number of hydrogen-bond acceptors (Lipinski definition) is 2. The van der Waals surface area contributed by atoms with Gasteiger partial charge < -0.3 is 15.5 Å². The lowest BCUT2D eigenvalue weighted by molar-refractivity contribution is 0.138. The van der Waals surface area contributed by atoms with E-state index in [2.05, 4.69) is 4.90 Å². The number of rotatable bonds is 1. The Morgan fingerprint density at radius 1 is 1.06 bits per heavy atom. The molecule has 0 saturated carbocycles. The molecule has 2 N–H and O–H groups in total. The molecule has 2 fully saturated rings. The highest BCUT2D eigenvalue weighted by molar-refractivity contribution is 5.72. The van der Waals surface area contributed by atoms with Gasteiger partial charge in [-0.3, -0.25) is 0 Å². The molecule has 0 unspecified atom stereocenters. The Bertz CT molecular complexity index is 206. The quantitative estimate of drug-likeness (QED) is 0.740. The van der Waals surface area contributed by atoms with E-state index in [-0.39, 0.29) is 6.03 Å². The van der Waals surface area contributed by atoms with Crippen LogP contribution in [-0.4, -0.2) is 48.1 Å². The second kappa shape index (κ2) is 6.74. The number of carbonyl (C=O) groups is 1. The van der Waals surface area contributed by atoms with Crippen LogP contribution in [0.5, 0.6) is 0 Å². The maximum absolute atomic E-state index is 10.9. The Kier molecular flexibility index (Phi) is 5.60. The van der Waals surface area contributed by atoms with Crippen LogP contribution in [0.15, 0.2) is 0 Å². The fourth-order valence-corrected chi connectivity index (χ4v) is 2.56. The smallest absolute Gasteiger partial charge is 0.314 e. The standard InChI is InChI=1S/C10H19N3O.C2H6/c11-10(14)13-7-3-9(4-8-13)12-5-1-2-6-12;1-2/h9H,1-8H2,(H2,11,14);1-2H3. The van der Waals surface area contributed by atoms with Crippen LogP contribution in [0.1, 0.15) is 39.5 Å². The molecule has 2 aliphatic heterocycles. The van der Waals surface area contributed by atoms with Gasteiger partial charge in [-0.05, 0) is 38.8 Å². The Labute approximate surface area is 98.8 Å². The van der Waals surface area contributed by atoms with E-state index >= 15 is 0 Å². The summed E-state index contributed by atoms with van der Waals surface area (Å²) in [5.41, 5.74) is 5.24. The van der Waals surface area contributed by atoms with Crippen LogP contribution in [0.3, 0.4) is 0 Å². The lowest BCUT2D eigenvalue weighted by Crippen LogP contribution is -2.47. The summed E-state index contributed by atoms with van der Waals surface area (Å²) in [7, 11) is 0. The minimum atomic E-state index is -0.259. The molecule has 0 atom stereocenters. The topological polar surface area (TPSA) is 49.6 Å². The van der Waals surface area contributed by atoms with Gasteiger partial charge in [-0.2, -0.15) is 0 Å². The molecule has 16 heavy (non-hydrogen) atoms. The van der Waals surface area contributed by atoms with E-state index in [1.807, 2.05) is 13.8 Å². The molecule has 0 aromatic rings. The molecule has 2 amide bonds. The normalized spacial score (nSPS) is 22.8. The van der Waals surface area contributed by atoms with Crippen molar-refractivity contribution in [1.82, 2.24) is 9.80 Å². The molecule has 2 rings (SSSR count). The summed E-state index contributed by atoms with van der Waals surface area (Å²) in [6, 6.07) is 0.443. The lowest BCUT2D eigenvalue weighted by Gasteiger charge is -2.35. The molecule has 0 bridgehead atoms. The molecule has 4 heteroatoms. The van der Waals surface area contributed by atoms with Crippen molar-refractivity contribution in [2.75, 3.05) is 26.2 Å². The van der Waals surface area contributed by atoms with E-state index in [0.717, 1.165) is 25.9 Å². The van der Waals surface area contributed by atoms with Gasteiger partial charge in [0, 0.05) is 19.1 Å². The summed E-state index contributed by atoms with van der Waals surface area (Å²) in [4.78, 5) is 15.2. The Morgan fingerprint density at radius 3 is 2.00 bits per heavy atom. The zero-order valence-electron chi connectivity index (χ0n) is 10.6.